The molecule has 1 saturated heterocycles. The minimum absolute atomic E-state index is 0.119. The molecule has 0 radical (unpaired) electrons. The number of aromatic nitrogens is 2. The molecule has 0 saturated carbocycles. The average Bonchev–Trinajstić information content (AvgIpc) is 2.97. The minimum atomic E-state index is -0.119. The van der Waals surface area contributed by atoms with E-state index in [1.165, 1.54) is 0 Å². The summed E-state index contributed by atoms with van der Waals surface area (Å²) in [5.74, 6) is -0.119. The quantitative estimate of drug-likeness (QED) is 0.904. The molecule has 1 aromatic carbocycles. The predicted octanol–water partition coefficient (Wildman–Crippen LogP) is 3.12. The van der Waals surface area contributed by atoms with Gasteiger partial charge in [0.2, 0.25) is 0 Å². The van der Waals surface area contributed by atoms with Gasteiger partial charge in [-0.1, -0.05) is 29.3 Å². The van der Waals surface area contributed by atoms with Crippen molar-refractivity contribution >= 4 is 29.1 Å². The SMILES string of the molecule is Cn1ccc(C(=O)NC2CCCN(Cc3ccc(Cl)cc3Cl)C2)n1. The standard InChI is InChI=1S/C17H20Cl2N4O/c1-22-8-6-16(21-22)17(24)20-14-3-2-7-23(11-14)10-12-4-5-13(18)9-15(12)19/h4-6,8-9,14H,2-3,7,10-11H2,1H3,(H,20,24). The number of rotatable bonds is 4. The molecule has 1 N–H and O–H groups in total. The Bertz CT molecular complexity index is 731. The van der Waals surface area contributed by atoms with Crippen LogP contribution in [0.25, 0.3) is 0 Å². The van der Waals surface area contributed by atoms with Crippen molar-refractivity contribution in [1.29, 1.82) is 0 Å². The second kappa shape index (κ2) is 7.55. The van der Waals surface area contributed by atoms with E-state index in [1.807, 2.05) is 12.1 Å². The number of benzene rings is 1. The van der Waals surface area contributed by atoms with E-state index in [9.17, 15) is 4.79 Å². The number of nitrogens with zero attached hydrogens (tertiary/aromatic N) is 3. The Morgan fingerprint density at radius 2 is 2.21 bits per heavy atom. The van der Waals surface area contributed by atoms with Gasteiger partial charge >= 0.3 is 0 Å². The molecular weight excluding hydrogens is 347 g/mol. The molecule has 2 aromatic rings. The highest BCUT2D eigenvalue weighted by Gasteiger charge is 2.23. The highest BCUT2D eigenvalue weighted by Crippen LogP contribution is 2.23. The van der Waals surface area contributed by atoms with Crippen LogP contribution in [0.3, 0.4) is 0 Å². The third kappa shape index (κ3) is 4.29. The van der Waals surface area contributed by atoms with Crippen molar-refractivity contribution in [2.75, 3.05) is 13.1 Å². The molecule has 1 fully saturated rings. The largest absolute Gasteiger partial charge is 0.347 e. The molecule has 1 aromatic heterocycles. The van der Waals surface area contributed by atoms with Crippen LogP contribution in [0.4, 0.5) is 0 Å². The summed E-state index contributed by atoms with van der Waals surface area (Å²) in [5, 5.41) is 8.55. The molecule has 1 unspecified atom stereocenters. The highest BCUT2D eigenvalue weighted by atomic mass is 35.5. The van der Waals surface area contributed by atoms with Crippen molar-refractivity contribution in [3.63, 3.8) is 0 Å². The van der Waals surface area contributed by atoms with Gasteiger partial charge in [0.1, 0.15) is 5.69 Å². The third-order valence-electron chi connectivity index (χ3n) is 4.20. The van der Waals surface area contributed by atoms with E-state index in [0.717, 1.165) is 38.0 Å². The summed E-state index contributed by atoms with van der Waals surface area (Å²) in [4.78, 5) is 14.5. The Balaban J connectivity index is 1.59. The summed E-state index contributed by atoms with van der Waals surface area (Å²) in [6.45, 7) is 2.55. The third-order valence-corrected chi connectivity index (χ3v) is 4.78. The lowest BCUT2D eigenvalue weighted by Gasteiger charge is -2.33. The van der Waals surface area contributed by atoms with Crippen LogP contribution in [0.2, 0.25) is 10.0 Å². The normalized spacial score (nSPS) is 18.5. The van der Waals surface area contributed by atoms with Crippen LogP contribution in [0.15, 0.2) is 30.5 Å². The van der Waals surface area contributed by atoms with Gasteiger partial charge in [0.25, 0.3) is 5.91 Å². The zero-order valence-corrected chi connectivity index (χ0v) is 15.0. The molecule has 128 valence electrons. The molecular formula is C17H20Cl2N4O. The average molecular weight is 367 g/mol. The summed E-state index contributed by atoms with van der Waals surface area (Å²) >= 11 is 12.2. The van der Waals surface area contributed by atoms with Gasteiger partial charge < -0.3 is 5.32 Å². The van der Waals surface area contributed by atoms with Gasteiger partial charge in [-0.25, -0.2) is 0 Å². The van der Waals surface area contributed by atoms with Gasteiger partial charge in [0, 0.05) is 42.4 Å². The Kier molecular flexibility index (Phi) is 5.43. The topological polar surface area (TPSA) is 50.2 Å². The number of amides is 1. The fraction of sp³-hybridized carbons (Fsp3) is 0.412. The molecule has 5 nitrogen and oxygen atoms in total. The second-order valence-electron chi connectivity index (χ2n) is 6.16. The predicted molar refractivity (Wildman–Crippen MR) is 95.4 cm³/mol. The Morgan fingerprint density at radius 1 is 1.38 bits per heavy atom. The van der Waals surface area contributed by atoms with E-state index in [2.05, 4.69) is 15.3 Å². The lowest BCUT2D eigenvalue weighted by molar-refractivity contribution is 0.0895. The first-order valence-electron chi connectivity index (χ1n) is 7.98. The lowest BCUT2D eigenvalue weighted by atomic mass is 10.0. The van der Waals surface area contributed by atoms with Crippen LogP contribution in [0.1, 0.15) is 28.9 Å². The number of piperidine rings is 1. The van der Waals surface area contributed by atoms with Crippen LogP contribution in [0, 0.1) is 0 Å². The molecule has 3 rings (SSSR count). The first kappa shape index (κ1) is 17.3. The maximum Gasteiger partial charge on any atom is 0.272 e. The molecule has 2 heterocycles. The van der Waals surface area contributed by atoms with Crippen LogP contribution in [0.5, 0.6) is 0 Å². The molecule has 1 aliphatic heterocycles. The van der Waals surface area contributed by atoms with Crippen molar-refractivity contribution in [2.24, 2.45) is 7.05 Å². The summed E-state index contributed by atoms with van der Waals surface area (Å²) in [6, 6.07) is 7.43. The number of nitrogens with one attached hydrogen (secondary N) is 1. The fourth-order valence-corrected chi connectivity index (χ4v) is 3.47. The number of carbonyl (C=O) groups is 1. The summed E-state index contributed by atoms with van der Waals surface area (Å²) < 4.78 is 1.63. The van der Waals surface area contributed by atoms with E-state index in [4.69, 9.17) is 23.2 Å². The van der Waals surface area contributed by atoms with E-state index in [0.29, 0.717) is 15.7 Å². The first-order chi connectivity index (χ1) is 11.5. The smallest absolute Gasteiger partial charge is 0.272 e. The lowest BCUT2D eigenvalue weighted by Crippen LogP contribution is -2.47. The number of hydrogen-bond acceptors (Lipinski definition) is 3. The van der Waals surface area contributed by atoms with E-state index in [-0.39, 0.29) is 11.9 Å². The maximum atomic E-state index is 12.2. The molecule has 1 aliphatic rings. The zero-order chi connectivity index (χ0) is 17.1. The molecule has 0 spiro atoms. The Morgan fingerprint density at radius 3 is 2.92 bits per heavy atom. The molecule has 1 amide bonds. The molecule has 7 heteroatoms. The second-order valence-corrected chi connectivity index (χ2v) is 7.00. The van der Waals surface area contributed by atoms with Gasteiger partial charge in [0.15, 0.2) is 0 Å². The van der Waals surface area contributed by atoms with Gasteiger partial charge in [-0.3, -0.25) is 14.4 Å². The number of likely N-dealkylation sites (tertiary alicyclic amines) is 1. The number of halogens is 2. The maximum absolute atomic E-state index is 12.2. The van der Waals surface area contributed by atoms with Crippen molar-refractivity contribution in [3.05, 3.63) is 51.8 Å². The number of carbonyl (C=O) groups excluding carboxylic acids is 1. The van der Waals surface area contributed by atoms with Gasteiger partial charge in [-0.05, 0) is 43.1 Å². The summed E-state index contributed by atoms with van der Waals surface area (Å²) in [7, 11) is 1.80. The zero-order valence-electron chi connectivity index (χ0n) is 13.5. The van der Waals surface area contributed by atoms with Crippen molar-refractivity contribution < 1.29 is 4.79 Å². The van der Waals surface area contributed by atoms with Crippen molar-refractivity contribution in [3.8, 4) is 0 Å². The molecule has 0 bridgehead atoms. The Labute approximate surface area is 151 Å². The Hall–Kier alpha value is -1.56. The van der Waals surface area contributed by atoms with Crippen LogP contribution < -0.4 is 5.32 Å². The van der Waals surface area contributed by atoms with E-state index < -0.39 is 0 Å². The monoisotopic (exact) mass is 366 g/mol. The van der Waals surface area contributed by atoms with Gasteiger partial charge in [0.05, 0.1) is 0 Å². The van der Waals surface area contributed by atoms with Crippen LogP contribution in [-0.4, -0.2) is 39.7 Å². The van der Waals surface area contributed by atoms with Crippen LogP contribution >= 0.6 is 23.2 Å². The fourth-order valence-electron chi connectivity index (χ4n) is 3.00. The van der Waals surface area contributed by atoms with Gasteiger partial charge in [-0.2, -0.15) is 5.10 Å². The molecule has 0 aliphatic carbocycles. The first-order valence-corrected chi connectivity index (χ1v) is 8.73. The summed E-state index contributed by atoms with van der Waals surface area (Å²) in [5.41, 5.74) is 1.51. The van der Waals surface area contributed by atoms with E-state index >= 15 is 0 Å². The van der Waals surface area contributed by atoms with Crippen molar-refractivity contribution in [1.82, 2.24) is 20.0 Å². The van der Waals surface area contributed by atoms with Crippen LogP contribution in [-0.2, 0) is 13.6 Å². The van der Waals surface area contributed by atoms with E-state index in [1.54, 1.807) is 30.1 Å². The highest BCUT2D eigenvalue weighted by molar-refractivity contribution is 6.35. The summed E-state index contributed by atoms with van der Waals surface area (Å²) in [6.07, 6.45) is 3.78. The van der Waals surface area contributed by atoms with Crippen molar-refractivity contribution in [2.45, 2.75) is 25.4 Å². The molecule has 24 heavy (non-hydrogen) atoms. The minimum Gasteiger partial charge on any atom is -0.347 e. The number of hydrogen-bond donors (Lipinski definition) is 1. The molecule has 1 atom stereocenters. The van der Waals surface area contributed by atoms with Gasteiger partial charge in [-0.15, -0.1) is 0 Å². The number of aryl methyl sites for hydroxylation is 1.